The van der Waals surface area contributed by atoms with E-state index in [1.54, 1.807) is 42.4 Å². The molecular weight excluding hydrogens is 333 g/mol. The second kappa shape index (κ2) is 8.11. The molecule has 0 unspecified atom stereocenters. The van der Waals surface area contributed by atoms with E-state index in [4.69, 9.17) is 4.74 Å². The number of carbonyl (C=O) groups is 1. The van der Waals surface area contributed by atoms with Crippen LogP contribution in [-0.2, 0) is 11.3 Å². The third kappa shape index (κ3) is 4.57. The Bertz CT molecular complexity index is 917. The Kier molecular flexibility index (Phi) is 5.43. The van der Waals surface area contributed by atoms with Gasteiger partial charge in [0.25, 0.3) is 0 Å². The van der Waals surface area contributed by atoms with Crippen LogP contribution in [-0.4, -0.2) is 22.8 Å². The van der Waals surface area contributed by atoms with Crippen LogP contribution in [0.3, 0.4) is 0 Å². The molecule has 0 fully saturated rings. The first-order chi connectivity index (χ1) is 12.6. The molecule has 0 saturated carbocycles. The first kappa shape index (κ1) is 17.4. The van der Waals surface area contributed by atoms with E-state index in [0.717, 1.165) is 11.1 Å². The first-order valence-corrected chi connectivity index (χ1v) is 8.03. The fourth-order valence-corrected chi connectivity index (χ4v) is 2.44. The fraction of sp³-hybridized carbons (Fsp3) is 0.100. The van der Waals surface area contributed by atoms with Crippen LogP contribution in [0.2, 0.25) is 0 Å². The van der Waals surface area contributed by atoms with Crippen LogP contribution in [0.4, 0.5) is 10.1 Å². The predicted molar refractivity (Wildman–Crippen MR) is 98.4 cm³/mol. The molecule has 2 aromatic carbocycles. The Labute approximate surface area is 150 Å². The lowest BCUT2D eigenvalue weighted by atomic mass is 10.2. The summed E-state index contributed by atoms with van der Waals surface area (Å²) in [6, 6.07) is 13.6. The maximum absolute atomic E-state index is 12.9. The third-order valence-electron chi connectivity index (χ3n) is 3.71. The Hall–Kier alpha value is -3.41. The molecule has 3 rings (SSSR count). The fourth-order valence-electron chi connectivity index (χ4n) is 2.44. The molecule has 0 saturated heterocycles. The van der Waals surface area contributed by atoms with E-state index in [-0.39, 0.29) is 11.7 Å². The number of ether oxygens (including phenoxy) is 1. The van der Waals surface area contributed by atoms with E-state index in [1.165, 1.54) is 18.2 Å². The summed E-state index contributed by atoms with van der Waals surface area (Å²) in [6.07, 6.45) is 6.42. The lowest BCUT2D eigenvalue weighted by molar-refractivity contribution is -0.111. The third-order valence-corrected chi connectivity index (χ3v) is 3.71. The van der Waals surface area contributed by atoms with Crippen molar-refractivity contribution in [3.8, 4) is 5.75 Å². The molecule has 0 aliphatic carbocycles. The van der Waals surface area contributed by atoms with Gasteiger partial charge in [0.15, 0.2) is 0 Å². The van der Waals surface area contributed by atoms with Crippen LogP contribution in [0.25, 0.3) is 6.08 Å². The summed E-state index contributed by atoms with van der Waals surface area (Å²) in [6.45, 7) is 0.493. The maximum Gasteiger partial charge on any atom is 0.248 e. The number of para-hydroxylation sites is 1. The van der Waals surface area contributed by atoms with Crippen LogP contribution >= 0.6 is 0 Å². The predicted octanol–water partition coefficient (Wildman–Crippen LogP) is 3.73. The molecule has 132 valence electrons. The summed E-state index contributed by atoms with van der Waals surface area (Å²) >= 11 is 0. The second-order valence-corrected chi connectivity index (χ2v) is 5.62. The van der Waals surface area contributed by atoms with E-state index in [1.807, 2.05) is 24.3 Å². The Morgan fingerprint density at radius 3 is 2.77 bits per heavy atom. The Balaban J connectivity index is 1.60. The van der Waals surface area contributed by atoms with Crippen molar-refractivity contribution >= 4 is 17.7 Å². The molecule has 1 aromatic heterocycles. The highest BCUT2D eigenvalue weighted by atomic mass is 19.1. The summed E-state index contributed by atoms with van der Waals surface area (Å²) in [5.41, 5.74) is 2.32. The van der Waals surface area contributed by atoms with Gasteiger partial charge in [0.1, 0.15) is 11.6 Å². The Morgan fingerprint density at radius 1 is 1.23 bits per heavy atom. The molecule has 0 atom stereocenters. The number of nitrogens with zero attached hydrogens (tertiary/aromatic N) is 2. The number of amides is 1. The van der Waals surface area contributed by atoms with Gasteiger partial charge in [0.05, 0.1) is 25.5 Å². The molecule has 6 heteroatoms. The summed E-state index contributed by atoms with van der Waals surface area (Å²) in [5.74, 6) is 0.157. The smallest absolute Gasteiger partial charge is 0.248 e. The highest BCUT2D eigenvalue weighted by molar-refractivity contribution is 6.01. The largest absolute Gasteiger partial charge is 0.496 e. The highest BCUT2D eigenvalue weighted by Gasteiger charge is 2.04. The number of anilines is 1. The second-order valence-electron chi connectivity index (χ2n) is 5.62. The van der Waals surface area contributed by atoms with Gasteiger partial charge in [0.2, 0.25) is 5.91 Å². The van der Waals surface area contributed by atoms with Gasteiger partial charge in [0, 0.05) is 17.8 Å². The summed E-state index contributed by atoms with van der Waals surface area (Å²) in [5, 5.41) is 6.95. The zero-order valence-corrected chi connectivity index (χ0v) is 14.2. The Morgan fingerprint density at radius 2 is 2.00 bits per heavy atom. The van der Waals surface area contributed by atoms with Crippen LogP contribution in [0, 0.1) is 5.82 Å². The van der Waals surface area contributed by atoms with Gasteiger partial charge >= 0.3 is 0 Å². The highest BCUT2D eigenvalue weighted by Crippen LogP contribution is 2.18. The van der Waals surface area contributed by atoms with Crippen molar-refractivity contribution in [2.45, 2.75) is 6.54 Å². The van der Waals surface area contributed by atoms with Gasteiger partial charge in [-0.3, -0.25) is 9.48 Å². The van der Waals surface area contributed by atoms with Crippen molar-refractivity contribution in [2.75, 3.05) is 12.4 Å². The zero-order chi connectivity index (χ0) is 18.4. The van der Waals surface area contributed by atoms with E-state index in [2.05, 4.69) is 10.4 Å². The SMILES string of the molecule is COc1ccccc1C=CC(=O)Nc1cnn(Cc2ccc(F)cc2)c1. The molecule has 0 spiro atoms. The van der Waals surface area contributed by atoms with Crippen LogP contribution < -0.4 is 10.1 Å². The number of nitrogens with one attached hydrogen (secondary N) is 1. The summed E-state index contributed by atoms with van der Waals surface area (Å²) < 4.78 is 19.8. The molecule has 0 bridgehead atoms. The number of halogens is 1. The number of carbonyl (C=O) groups excluding carboxylic acids is 1. The van der Waals surface area contributed by atoms with Crippen molar-refractivity contribution in [2.24, 2.45) is 0 Å². The minimum absolute atomic E-state index is 0.266. The molecular formula is C20H18FN3O2. The number of aromatic nitrogens is 2. The number of hydrogen-bond acceptors (Lipinski definition) is 3. The lowest BCUT2D eigenvalue weighted by Crippen LogP contribution is -2.07. The summed E-state index contributed by atoms with van der Waals surface area (Å²) in [4.78, 5) is 12.1. The van der Waals surface area contributed by atoms with E-state index < -0.39 is 0 Å². The molecule has 3 aromatic rings. The molecule has 0 aliphatic heterocycles. The van der Waals surface area contributed by atoms with Gasteiger partial charge in [-0.25, -0.2) is 4.39 Å². The molecule has 5 nitrogen and oxygen atoms in total. The topological polar surface area (TPSA) is 56.1 Å². The van der Waals surface area contributed by atoms with Gasteiger partial charge in [-0.2, -0.15) is 5.10 Å². The van der Waals surface area contributed by atoms with Gasteiger partial charge < -0.3 is 10.1 Å². The van der Waals surface area contributed by atoms with E-state index >= 15 is 0 Å². The number of methoxy groups -OCH3 is 1. The van der Waals surface area contributed by atoms with Gasteiger partial charge in [-0.05, 0) is 29.8 Å². The standard InChI is InChI=1S/C20H18FN3O2/c1-26-19-5-3-2-4-16(19)8-11-20(25)23-18-12-22-24(14-18)13-15-6-9-17(21)10-7-15/h2-12,14H,13H2,1H3,(H,23,25). The van der Waals surface area contributed by atoms with Gasteiger partial charge in [-0.15, -0.1) is 0 Å². The van der Waals surface area contributed by atoms with Crippen molar-refractivity contribution in [1.29, 1.82) is 0 Å². The first-order valence-electron chi connectivity index (χ1n) is 8.03. The molecule has 0 radical (unpaired) electrons. The number of hydrogen-bond donors (Lipinski definition) is 1. The van der Waals surface area contributed by atoms with Crippen LogP contribution in [0.15, 0.2) is 67.0 Å². The van der Waals surface area contributed by atoms with Gasteiger partial charge in [-0.1, -0.05) is 30.3 Å². The van der Waals surface area contributed by atoms with Crippen molar-refractivity contribution in [3.63, 3.8) is 0 Å². The zero-order valence-electron chi connectivity index (χ0n) is 14.2. The van der Waals surface area contributed by atoms with Crippen LogP contribution in [0.1, 0.15) is 11.1 Å². The maximum atomic E-state index is 12.9. The molecule has 1 amide bonds. The van der Waals surface area contributed by atoms with Crippen molar-refractivity contribution in [1.82, 2.24) is 9.78 Å². The molecule has 0 aliphatic rings. The monoisotopic (exact) mass is 351 g/mol. The van der Waals surface area contributed by atoms with E-state index in [0.29, 0.717) is 18.0 Å². The quantitative estimate of drug-likeness (QED) is 0.689. The normalized spacial score (nSPS) is 10.8. The molecule has 26 heavy (non-hydrogen) atoms. The minimum Gasteiger partial charge on any atom is -0.496 e. The lowest BCUT2D eigenvalue weighted by Gasteiger charge is -2.03. The molecule has 1 N–H and O–H groups in total. The summed E-state index contributed by atoms with van der Waals surface area (Å²) in [7, 11) is 1.59. The number of benzene rings is 2. The minimum atomic E-state index is -0.274. The average molecular weight is 351 g/mol. The van der Waals surface area contributed by atoms with E-state index in [9.17, 15) is 9.18 Å². The van der Waals surface area contributed by atoms with Crippen molar-refractivity contribution in [3.05, 3.63) is 83.9 Å². The van der Waals surface area contributed by atoms with Crippen LogP contribution in [0.5, 0.6) is 5.75 Å². The van der Waals surface area contributed by atoms with Crippen molar-refractivity contribution < 1.29 is 13.9 Å². The number of rotatable bonds is 6. The average Bonchev–Trinajstić information content (AvgIpc) is 3.09. The molecule has 1 heterocycles.